The van der Waals surface area contributed by atoms with Crippen molar-refractivity contribution < 1.29 is 9.53 Å². The minimum atomic E-state index is 0.0186. The molecule has 1 heterocycles. The van der Waals surface area contributed by atoms with Crippen LogP contribution < -0.4 is 0 Å². The van der Waals surface area contributed by atoms with E-state index in [0.29, 0.717) is 12.5 Å². The lowest BCUT2D eigenvalue weighted by molar-refractivity contribution is -0.136. The predicted molar refractivity (Wildman–Crippen MR) is 66.4 cm³/mol. The van der Waals surface area contributed by atoms with Crippen LogP contribution in [0.5, 0.6) is 0 Å². The van der Waals surface area contributed by atoms with E-state index >= 15 is 0 Å². The smallest absolute Gasteiger partial charge is 0.248 e. The molecule has 1 rings (SSSR count). The fourth-order valence-electron chi connectivity index (χ4n) is 1.62. The largest absolute Gasteiger partial charge is 0.375 e. The molecular formula is C13H20N2O2. The lowest BCUT2D eigenvalue weighted by Gasteiger charge is -2.24. The Labute approximate surface area is 103 Å². The first-order chi connectivity index (χ1) is 8.13. The second-order valence-corrected chi connectivity index (χ2v) is 4.46. The van der Waals surface area contributed by atoms with Gasteiger partial charge in [-0.05, 0) is 17.5 Å². The molecule has 17 heavy (non-hydrogen) atoms. The first-order valence-corrected chi connectivity index (χ1v) is 5.79. The van der Waals surface area contributed by atoms with Crippen LogP contribution in [0.3, 0.4) is 0 Å². The SMILES string of the molecule is COCC(=O)N(Cc1cccnc1)CC(C)C. The molecule has 0 aliphatic rings. The van der Waals surface area contributed by atoms with Crippen molar-refractivity contribution in [2.24, 2.45) is 5.92 Å². The van der Waals surface area contributed by atoms with E-state index in [2.05, 4.69) is 18.8 Å². The van der Waals surface area contributed by atoms with Gasteiger partial charge >= 0.3 is 0 Å². The molecule has 0 unspecified atom stereocenters. The van der Waals surface area contributed by atoms with Crippen LogP contribution in [0.15, 0.2) is 24.5 Å². The van der Waals surface area contributed by atoms with Crippen molar-refractivity contribution in [2.45, 2.75) is 20.4 Å². The van der Waals surface area contributed by atoms with Gasteiger partial charge in [-0.25, -0.2) is 0 Å². The van der Waals surface area contributed by atoms with Crippen LogP contribution in [0.1, 0.15) is 19.4 Å². The first-order valence-electron chi connectivity index (χ1n) is 5.79. The van der Waals surface area contributed by atoms with E-state index in [1.165, 1.54) is 7.11 Å². The lowest BCUT2D eigenvalue weighted by atomic mass is 10.2. The lowest BCUT2D eigenvalue weighted by Crippen LogP contribution is -2.36. The third-order valence-corrected chi connectivity index (χ3v) is 2.30. The summed E-state index contributed by atoms with van der Waals surface area (Å²) in [6, 6.07) is 3.85. The maximum absolute atomic E-state index is 11.9. The van der Waals surface area contributed by atoms with Crippen molar-refractivity contribution >= 4 is 5.91 Å². The van der Waals surface area contributed by atoms with E-state index in [1.807, 2.05) is 17.0 Å². The number of carbonyl (C=O) groups is 1. The van der Waals surface area contributed by atoms with Crippen LogP contribution >= 0.6 is 0 Å². The van der Waals surface area contributed by atoms with Gasteiger partial charge in [-0.1, -0.05) is 19.9 Å². The average molecular weight is 236 g/mol. The molecule has 0 aliphatic heterocycles. The van der Waals surface area contributed by atoms with Gasteiger partial charge in [0.15, 0.2) is 0 Å². The molecule has 0 atom stereocenters. The van der Waals surface area contributed by atoms with Gasteiger partial charge in [0.25, 0.3) is 0 Å². The Morgan fingerprint density at radius 3 is 2.82 bits per heavy atom. The standard InChI is InChI=1S/C13H20N2O2/c1-11(2)8-15(13(16)10-17-3)9-12-5-4-6-14-7-12/h4-7,11H,8-10H2,1-3H3. The minimum Gasteiger partial charge on any atom is -0.375 e. The van der Waals surface area contributed by atoms with Crippen LogP contribution in [-0.4, -0.2) is 36.1 Å². The van der Waals surface area contributed by atoms with Crippen molar-refractivity contribution in [3.05, 3.63) is 30.1 Å². The van der Waals surface area contributed by atoms with E-state index in [0.717, 1.165) is 12.1 Å². The molecule has 0 saturated heterocycles. The Kier molecular flexibility index (Phi) is 5.63. The predicted octanol–water partition coefficient (Wildman–Crippen LogP) is 1.71. The van der Waals surface area contributed by atoms with Crippen molar-refractivity contribution in [1.82, 2.24) is 9.88 Å². The fourth-order valence-corrected chi connectivity index (χ4v) is 1.62. The maximum Gasteiger partial charge on any atom is 0.248 e. The molecule has 0 bridgehead atoms. The number of nitrogens with zero attached hydrogens (tertiary/aromatic N) is 2. The summed E-state index contributed by atoms with van der Waals surface area (Å²) in [6.07, 6.45) is 3.51. The highest BCUT2D eigenvalue weighted by atomic mass is 16.5. The minimum absolute atomic E-state index is 0.0186. The Morgan fingerprint density at radius 1 is 1.53 bits per heavy atom. The molecule has 1 amide bonds. The number of rotatable bonds is 6. The zero-order chi connectivity index (χ0) is 12.7. The monoisotopic (exact) mass is 236 g/mol. The molecule has 0 fully saturated rings. The number of amides is 1. The summed E-state index contributed by atoms with van der Waals surface area (Å²) in [5.41, 5.74) is 1.04. The summed E-state index contributed by atoms with van der Waals surface area (Å²) in [6.45, 7) is 5.64. The van der Waals surface area contributed by atoms with E-state index in [9.17, 15) is 4.79 Å². The molecule has 0 N–H and O–H groups in total. The summed E-state index contributed by atoms with van der Waals surface area (Å²) in [7, 11) is 1.54. The first kappa shape index (κ1) is 13.6. The maximum atomic E-state index is 11.9. The van der Waals surface area contributed by atoms with E-state index < -0.39 is 0 Å². The Bertz CT molecular complexity index is 339. The van der Waals surface area contributed by atoms with E-state index in [-0.39, 0.29) is 12.5 Å². The van der Waals surface area contributed by atoms with Crippen molar-refractivity contribution in [3.63, 3.8) is 0 Å². The second-order valence-electron chi connectivity index (χ2n) is 4.46. The molecular weight excluding hydrogens is 216 g/mol. The molecule has 0 radical (unpaired) electrons. The highest BCUT2D eigenvalue weighted by molar-refractivity contribution is 5.77. The molecule has 4 nitrogen and oxygen atoms in total. The van der Waals surface area contributed by atoms with Crippen molar-refractivity contribution in [2.75, 3.05) is 20.3 Å². The molecule has 0 saturated carbocycles. The number of methoxy groups -OCH3 is 1. The summed E-state index contributed by atoms with van der Waals surface area (Å²) in [4.78, 5) is 17.7. The zero-order valence-corrected chi connectivity index (χ0v) is 10.7. The van der Waals surface area contributed by atoms with Gasteiger partial charge in [0.2, 0.25) is 5.91 Å². The summed E-state index contributed by atoms with van der Waals surface area (Å²) in [5.74, 6) is 0.456. The average Bonchev–Trinajstić information content (AvgIpc) is 2.29. The summed E-state index contributed by atoms with van der Waals surface area (Å²) >= 11 is 0. The van der Waals surface area contributed by atoms with E-state index in [1.54, 1.807) is 12.4 Å². The van der Waals surface area contributed by atoms with Crippen LogP contribution in [0.25, 0.3) is 0 Å². The second kappa shape index (κ2) is 7.01. The van der Waals surface area contributed by atoms with Gasteiger partial charge in [0.05, 0.1) is 0 Å². The van der Waals surface area contributed by atoms with Gasteiger partial charge in [0, 0.05) is 32.6 Å². The van der Waals surface area contributed by atoms with Gasteiger partial charge in [-0.15, -0.1) is 0 Å². The van der Waals surface area contributed by atoms with E-state index in [4.69, 9.17) is 4.74 Å². The molecule has 1 aromatic rings. The number of aromatic nitrogens is 1. The van der Waals surface area contributed by atoms with Crippen LogP contribution in [-0.2, 0) is 16.1 Å². The number of ether oxygens (including phenoxy) is 1. The third-order valence-electron chi connectivity index (χ3n) is 2.30. The van der Waals surface area contributed by atoms with Gasteiger partial charge in [-0.3, -0.25) is 9.78 Å². The highest BCUT2D eigenvalue weighted by Gasteiger charge is 2.14. The van der Waals surface area contributed by atoms with Crippen LogP contribution in [0.4, 0.5) is 0 Å². The van der Waals surface area contributed by atoms with Crippen LogP contribution in [0, 0.1) is 5.92 Å². The number of hydrogen-bond acceptors (Lipinski definition) is 3. The Hall–Kier alpha value is -1.42. The molecule has 0 aliphatic carbocycles. The number of pyridine rings is 1. The fraction of sp³-hybridized carbons (Fsp3) is 0.538. The van der Waals surface area contributed by atoms with Crippen molar-refractivity contribution in [1.29, 1.82) is 0 Å². The molecule has 4 heteroatoms. The highest BCUT2D eigenvalue weighted by Crippen LogP contribution is 2.07. The summed E-state index contributed by atoms with van der Waals surface area (Å²) in [5, 5.41) is 0. The summed E-state index contributed by atoms with van der Waals surface area (Å²) < 4.78 is 4.90. The van der Waals surface area contributed by atoms with Gasteiger partial charge < -0.3 is 9.64 Å². The normalized spacial score (nSPS) is 10.6. The van der Waals surface area contributed by atoms with Gasteiger partial charge in [-0.2, -0.15) is 0 Å². The van der Waals surface area contributed by atoms with Crippen LogP contribution in [0.2, 0.25) is 0 Å². The number of carbonyl (C=O) groups excluding carboxylic acids is 1. The Morgan fingerprint density at radius 2 is 2.29 bits per heavy atom. The third kappa shape index (κ3) is 4.95. The molecule has 0 spiro atoms. The van der Waals surface area contributed by atoms with Crippen molar-refractivity contribution in [3.8, 4) is 0 Å². The quantitative estimate of drug-likeness (QED) is 0.755. The molecule has 1 aromatic heterocycles. The molecule has 0 aromatic carbocycles. The Balaban J connectivity index is 2.66. The molecule has 94 valence electrons. The topological polar surface area (TPSA) is 42.4 Å². The zero-order valence-electron chi connectivity index (χ0n) is 10.7. The van der Waals surface area contributed by atoms with Gasteiger partial charge in [0.1, 0.15) is 6.61 Å². The number of hydrogen-bond donors (Lipinski definition) is 0.